The number of rotatable bonds is 4. The van der Waals surface area contributed by atoms with Crippen LogP contribution in [0.4, 0.5) is 0 Å². The number of likely N-dealkylation sites (tertiary alicyclic amines) is 1. The fourth-order valence-electron chi connectivity index (χ4n) is 5.67. The number of amides is 2. The van der Waals surface area contributed by atoms with Crippen LogP contribution in [-0.4, -0.2) is 39.4 Å². The van der Waals surface area contributed by atoms with E-state index in [0.717, 1.165) is 24.1 Å². The summed E-state index contributed by atoms with van der Waals surface area (Å²) in [4.78, 5) is 32.5. The lowest BCUT2D eigenvalue weighted by Crippen LogP contribution is -2.44. The lowest BCUT2D eigenvalue weighted by molar-refractivity contribution is -0.127. The van der Waals surface area contributed by atoms with E-state index in [-0.39, 0.29) is 29.9 Å². The highest BCUT2D eigenvalue weighted by Crippen LogP contribution is 2.32. The van der Waals surface area contributed by atoms with Gasteiger partial charge in [-0.1, -0.05) is 54.6 Å². The molecule has 0 bridgehead atoms. The van der Waals surface area contributed by atoms with E-state index < -0.39 is 0 Å². The van der Waals surface area contributed by atoms with Crippen molar-refractivity contribution in [2.24, 2.45) is 5.92 Å². The smallest absolute Gasteiger partial charge is 0.274 e. The van der Waals surface area contributed by atoms with E-state index in [4.69, 9.17) is 4.74 Å². The molecule has 1 aliphatic carbocycles. The largest absolute Gasteiger partial charge is 0.365 e. The van der Waals surface area contributed by atoms with Gasteiger partial charge < -0.3 is 19.5 Å². The van der Waals surface area contributed by atoms with E-state index in [1.54, 1.807) is 6.33 Å². The molecule has 1 saturated heterocycles. The first-order valence-corrected chi connectivity index (χ1v) is 12.6. The van der Waals surface area contributed by atoms with Crippen molar-refractivity contribution in [1.29, 1.82) is 0 Å². The number of imidazole rings is 1. The first-order valence-electron chi connectivity index (χ1n) is 12.6. The monoisotopic (exact) mass is 470 g/mol. The highest BCUT2D eigenvalue weighted by molar-refractivity contribution is 5.93. The zero-order chi connectivity index (χ0) is 23.8. The van der Waals surface area contributed by atoms with Gasteiger partial charge in [-0.2, -0.15) is 0 Å². The molecule has 2 atom stereocenters. The first kappa shape index (κ1) is 22.0. The zero-order valence-electron chi connectivity index (χ0n) is 19.7. The molecule has 1 aromatic heterocycles. The predicted molar refractivity (Wildman–Crippen MR) is 130 cm³/mol. The number of ether oxygens (including phenoxy) is 1. The molecule has 180 valence electrons. The van der Waals surface area contributed by atoms with Crippen molar-refractivity contribution in [3.63, 3.8) is 0 Å². The average molecular weight is 471 g/mol. The maximum atomic E-state index is 13.3. The molecule has 0 unspecified atom stereocenters. The molecule has 3 aromatic rings. The number of carbonyl (C=O) groups excluding carboxylic acids is 2. The molecule has 1 N–H and O–H groups in total. The Hall–Kier alpha value is -3.45. The van der Waals surface area contributed by atoms with Crippen molar-refractivity contribution in [3.8, 4) is 0 Å². The number of benzene rings is 2. The van der Waals surface area contributed by atoms with Gasteiger partial charge in [0, 0.05) is 19.0 Å². The molecule has 2 amide bonds. The number of piperidine rings is 1. The molecular formula is C28H30N4O3. The molecule has 0 saturated carbocycles. The Kier molecular flexibility index (Phi) is 5.86. The standard InChI is InChI=1S/C28H30N4O3/c33-27(30-23-11-10-19-6-4-5-9-22(19)23)21-12-14-31(15-13-21)28(34)26-24-17-35-25(16-32(24)18-29-26)20-7-2-1-3-8-20/h1-9,18,21,23,25H,10-17H2,(H,30,33)/t23-,25+/m0/s1. The maximum Gasteiger partial charge on any atom is 0.274 e. The number of fused-ring (bicyclic) bond motifs is 2. The van der Waals surface area contributed by atoms with Crippen molar-refractivity contribution < 1.29 is 14.3 Å². The summed E-state index contributed by atoms with van der Waals surface area (Å²) < 4.78 is 8.12. The molecule has 1 fully saturated rings. The minimum atomic E-state index is -0.0657. The van der Waals surface area contributed by atoms with Gasteiger partial charge in [0.2, 0.25) is 5.91 Å². The first-order chi connectivity index (χ1) is 17.2. The highest BCUT2D eigenvalue weighted by Gasteiger charge is 2.33. The quantitative estimate of drug-likeness (QED) is 0.629. The van der Waals surface area contributed by atoms with E-state index >= 15 is 0 Å². The molecular weight excluding hydrogens is 440 g/mol. The minimum Gasteiger partial charge on any atom is -0.365 e. The van der Waals surface area contributed by atoms with E-state index in [1.165, 1.54) is 11.1 Å². The lowest BCUT2D eigenvalue weighted by atomic mass is 9.95. The number of nitrogens with zero attached hydrogens (tertiary/aromatic N) is 3. The van der Waals surface area contributed by atoms with Crippen LogP contribution in [0.15, 0.2) is 60.9 Å². The van der Waals surface area contributed by atoms with Gasteiger partial charge in [-0.05, 0) is 42.4 Å². The van der Waals surface area contributed by atoms with E-state index in [1.807, 2.05) is 33.7 Å². The van der Waals surface area contributed by atoms with Gasteiger partial charge in [0.25, 0.3) is 5.91 Å². The van der Waals surface area contributed by atoms with Crippen molar-refractivity contribution in [3.05, 3.63) is 89.0 Å². The Balaban J connectivity index is 1.05. The Morgan fingerprint density at radius 3 is 2.57 bits per heavy atom. The summed E-state index contributed by atoms with van der Waals surface area (Å²) in [5.74, 6) is -0.0136. The van der Waals surface area contributed by atoms with Crippen LogP contribution >= 0.6 is 0 Å². The van der Waals surface area contributed by atoms with Crippen molar-refractivity contribution in [1.82, 2.24) is 19.8 Å². The minimum absolute atomic E-state index is 0.0399. The molecule has 0 radical (unpaired) electrons. The second-order valence-corrected chi connectivity index (χ2v) is 9.77. The summed E-state index contributed by atoms with van der Waals surface area (Å²) in [6.07, 6.45) is 5.03. The van der Waals surface area contributed by atoms with Gasteiger partial charge in [0.05, 0.1) is 31.2 Å². The average Bonchev–Trinajstić information content (AvgIpc) is 3.53. The van der Waals surface area contributed by atoms with Crippen molar-refractivity contribution in [2.75, 3.05) is 13.1 Å². The van der Waals surface area contributed by atoms with Crippen LogP contribution in [0.2, 0.25) is 0 Å². The highest BCUT2D eigenvalue weighted by atomic mass is 16.5. The van der Waals surface area contributed by atoms with Crippen LogP contribution in [0.5, 0.6) is 0 Å². The van der Waals surface area contributed by atoms with Gasteiger partial charge in [0.15, 0.2) is 5.69 Å². The molecule has 35 heavy (non-hydrogen) atoms. The van der Waals surface area contributed by atoms with Crippen LogP contribution in [0.3, 0.4) is 0 Å². The lowest BCUT2D eigenvalue weighted by Gasteiger charge is -2.32. The van der Waals surface area contributed by atoms with Crippen LogP contribution in [0.1, 0.15) is 64.3 Å². The van der Waals surface area contributed by atoms with Gasteiger partial charge in [0.1, 0.15) is 6.10 Å². The maximum absolute atomic E-state index is 13.3. The van der Waals surface area contributed by atoms with Crippen LogP contribution in [0, 0.1) is 5.92 Å². The number of carbonyl (C=O) groups is 2. The Bertz CT molecular complexity index is 1230. The van der Waals surface area contributed by atoms with Gasteiger partial charge >= 0.3 is 0 Å². The normalized spacial score (nSPS) is 21.9. The zero-order valence-corrected chi connectivity index (χ0v) is 19.7. The molecule has 0 spiro atoms. The molecule has 3 aliphatic rings. The van der Waals surface area contributed by atoms with E-state index in [9.17, 15) is 9.59 Å². The summed E-state index contributed by atoms with van der Waals surface area (Å²) in [7, 11) is 0. The van der Waals surface area contributed by atoms with Gasteiger partial charge in [-0.25, -0.2) is 4.98 Å². The third kappa shape index (κ3) is 4.25. The molecule has 2 aliphatic heterocycles. The second kappa shape index (κ2) is 9.30. The topological polar surface area (TPSA) is 76.5 Å². The number of aromatic nitrogens is 2. The number of nitrogens with one attached hydrogen (secondary N) is 1. The summed E-state index contributed by atoms with van der Waals surface area (Å²) in [5.41, 5.74) is 5.01. The fourth-order valence-corrected chi connectivity index (χ4v) is 5.67. The molecule has 3 heterocycles. The molecule has 7 nitrogen and oxygen atoms in total. The van der Waals surface area contributed by atoms with Crippen LogP contribution < -0.4 is 5.32 Å². The van der Waals surface area contributed by atoms with Crippen LogP contribution in [0.25, 0.3) is 0 Å². The SMILES string of the molecule is O=C(N[C@H]1CCc2ccccc21)C1CCN(C(=O)c2ncn3c2CO[C@@H](c2ccccc2)C3)CC1. The van der Waals surface area contributed by atoms with Gasteiger partial charge in [-0.3, -0.25) is 9.59 Å². The number of hydrogen-bond acceptors (Lipinski definition) is 4. The predicted octanol–water partition coefficient (Wildman–Crippen LogP) is 3.81. The summed E-state index contributed by atoms with van der Waals surface area (Å²) in [5, 5.41) is 3.26. The second-order valence-electron chi connectivity index (χ2n) is 9.77. The third-order valence-electron chi connectivity index (χ3n) is 7.71. The third-order valence-corrected chi connectivity index (χ3v) is 7.71. The molecule has 2 aromatic carbocycles. The number of aryl methyl sites for hydroxylation is 1. The summed E-state index contributed by atoms with van der Waals surface area (Å²) >= 11 is 0. The van der Waals surface area contributed by atoms with E-state index in [2.05, 4.69) is 40.6 Å². The Morgan fingerprint density at radius 2 is 1.74 bits per heavy atom. The van der Waals surface area contributed by atoms with Crippen molar-refractivity contribution in [2.45, 2.75) is 51.0 Å². The fraction of sp³-hybridized carbons (Fsp3) is 0.393. The Labute approximate surface area is 205 Å². The van der Waals surface area contributed by atoms with Crippen molar-refractivity contribution >= 4 is 11.8 Å². The van der Waals surface area contributed by atoms with E-state index in [0.29, 0.717) is 44.8 Å². The van der Waals surface area contributed by atoms with Gasteiger partial charge in [-0.15, -0.1) is 0 Å². The number of hydrogen-bond donors (Lipinski definition) is 1. The molecule has 6 rings (SSSR count). The Morgan fingerprint density at radius 1 is 0.971 bits per heavy atom. The summed E-state index contributed by atoms with van der Waals surface area (Å²) in [6, 6.07) is 18.6. The molecule has 7 heteroatoms. The van der Waals surface area contributed by atoms with Crippen LogP contribution in [-0.2, 0) is 29.1 Å². The summed E-state index contributed by atoms with van der Waals surface area (Å²) in [6.45, 7) is 2.14.